The molecule has 0 saturated carbocycles. The number of thiophene rings is 1. The lowest BCUT2D eigenvalue weighted by molar-refractivity contribution is -0.124. The molecule has 26 heavy (non-hydrogen) atoms. The second-order valence-corrected chi connectivity index (χ2v) is 9.91. The summed E-state index contributed by atoms with van der Waals surface area (Å²) in [6.07, 6.45) is 2.42. The minimum Gasteiger partial charge on any atom is -0.361 e. The van der Waals surface area contributed by atoms with E-state index in [1.165, 1.54) is 4.88 Å². The van der Waals surface area contributed by atoms with Crippen molar-refractivity contribution in [2.24, 2.45) is 5.92 Å². The Kier molecular flexibility index (Phi) is 4.58. The summed E-state index contributed by atoms with van der Waals surface area (Å²) >= 11 is 1.66. The van der Waals surface area contributed by atoms with Gasteiger partial charge in [-0.25, -0.2) is 8.42 Å². The summed E-state index contributed by atoms with van der Waals surface area (Å²) in [7, 11) is -3.06. The fourth-order valence-electron chi connectivity index (χ4n) is 3.58. The number of aromatic nitrogens is 1. The summed E-state index contributed by atoms with van der Waals surface area (Å²) in [4.78, 5) is 16.9. The lowest BCUT2D eigenvalue weighted by Gasteiger charge is -2.18. The van der Waals surface area contributed by atoms with Crippen LogP contribution >= 0.6 is 11.3 Å². The molecule has 136 valence electrons. The minimum absolute atomic E-state index is 0.0322. The Bertz CT molecular complexity index is 1020. The maximum Gasteiger partial charge on any atom is 0.224 e. The zero-order valence-corrected chi connectivity index (χ0v) is 15.8. The molecule has 3 heterocycles. The van der Waals surface area contributed by atoms with Crippen molar-refractivity contribution in [2.45, 2.75) is 12.3 Å². The van der Waals surface area contributed by atoms with E-state index in [0.717, 1.165) is 16.5 Å². The molecule has 0 spiro atoms. The van der Waals surface area contributed by atoms with Crippen molar-refractivity contribution < 1.29 is 13.2 Å². The zero-order chi connectivity index (χ0) is 18.1. The van der Waals surface area contributed by atoms with E-state index in [0.29, 0.717) is 13.0 Å². The van der Waals surface area contributed by atoms with Gasteiger partial charge in [-0.15, -0.1) is 11.3 Å². The van der Waals surface area contributed by atoms with Gasteiger partial charge in [-0.1, -0.05) is 24.3 Å². The Morgan fingerprint density at radius 3 is 2.85 bits per heavy atom. The highest BCUT2D eigenvalue weighted by Crippen LogP contribution is 2.33. The molecular weight excluding hydrogens is 368 g/mol. The summed E-state index contributed by atoms with van der Waals surface area (Å²) in [6.45, 7) is 0.456. The van der Waals surface area contributed by atoms with Gasteiger partial charge < -0.3 is 10.3 Å². The van der Waals surface area contributed by atoms with Gasteiger partial charge in [0.15, 0.2) is 9.84 Å². The maximum absolute atomic E-state index is 12.5. The molecule has 3 aromatic rings. The number of hydrogen-bond acceptors (Lipinski definition) is 4. The van der Waals surface area contributed by atoms with E-state index < -0.39 is 15.8 Å². The second kappa shape index (κ2) is 6.89. The Labute approximate surface area is 156 Å². The fraction of sp³-hybridized carbons (Fsp3) is 0.316. The predicted molar refractivity (Wildman–Crippen MR) is 104 cm³/mol. The van der Waals surface area contributed by atoms with Crippen LogP contribution in [0.5, 0.6) is 0 Å². The number of hydrogen-bond donors (Lipinski definition) is 2. The fourth-order valence-corrected chi connectivity index (χ4v) is 6.17. The number of benzene rings is 1. The smallest absolute Gasteiger partial charge is 0.224 e. The van der Waals surface area contributed by atoms with Crippen molar-refractivity contribution in [1.82, 2.24) is 10.3 Å². The number of fused-ring (bicyclic) bond motifs is 1. The molecule has 2 atom stereocenters. The van der Waals surface area contributed by atoms with E-state index in [9.17, 15) is 13.2 Å². The molecule has 1 aliphatic heterocycles. The van der Waals surface area contributed by atoms with Crippen molar-refractivity contribution in [3.05, 3.63) is 58.4 Å². The molecular formula is C19H20N2O3S2. The first-order valence-corrected chi connectivity index (χ1v) is 11.3. The van der Waals surface area contributed by atoms with Gasteiger partial charge in [0.25, 0.3) is 0 Å². The van der Waals surface area contributed by atoms with Crippen molar-refractivity contribution in [3.8, 4) is 0 Å². The van der Waals surface area contributed by atoms with Crippen molar-refractivity contribution in [2.75, 3.05) is 18.1 Å². The molecule has 1 fully saturated rings. The lowest BCUT2D eigenvalue weighted by atomic mass is 9.96. The molecule has 1 aromatic carbocycles. The van der Waals surface area contributed by atoms with Crippen LogP contribution in [-0.2, 0) is 14.6 Å². The Morgan fingerprint density at radius 1 is 1.27 bits per heavy atom. The van der Waals surface area contributed by atoms with Crippen LogP contribution in [0.3, 0.4) is 0 Å². The number of H-pyrrole nitrogens is 1. The summed E-state index contributed by atoms with van der Waals surface area (Å²) < 4.78 is 23.2. The minimum atomic E-state index is -3.06. The highest BCUT2D eigenvalue weighted by atomic mass is 32.2. The third-order valence-electron chi connectivity index (χ3n) is 4.97. The Balaban J connectivity index is 1.56. The van der Waals surface area contributed by atoms with Crippen LogP contribution in [0.15, 0.2) is 48.0 Å². The SMILES string of the molecule is O=C(NC[C@@H](c1cccs1)c1c[nH]c2ccccc12)[C@@H]1CCS(=O)(=O)C1. The summed E-state index contributed by atoms with van der Waals surface area (Å²) in [5.41, 5.74) is 2.21. The van der Waals surface area contributed by atoms with Crippen LogP contribution < -0.4 is 5.32 Å². The number of carbonyl (C=O) groups excluding carboxylic acids is 1. The van der Waals surface area contributed by atoms with Gasteiger partial charge in [-0.3, -0.25) is 4.79 Å². The normalized spacial score (nSPS) is 20.2. The molecule has 5 nitrogen and oxygen atoms in total. The first kappa shape index (κ1) is 17.3. The van der Waals surface area contributed by atoms with Gasteiger partial charge in [-0.05, 0) is 29.5 Å². The van der Waals surface area contributed by atoms with Crippen LogP contribution in [0.2, 0.25) is 0 Å². The monoisotopic (exact) mass is 388 g/mol. The van der Waals surface area contributed by atoms with E-state index in [-0.39, 0.29) is 23.3 Å². The first-order valence-electron chi connectivity index (χ1n) is 8.61. The third-order valence-corrected chi connectivity index (χ3v) is 7.72. The molecule has 1 saturated heterocycles. The molecule has 0 radical (unpaired) electrons. The molecule has 1 aliphatic rings. The second-order valence-electron chi connectivity index (χ2n) is 6.70. The number of aromatic amines is 1. The van der Waals surface area contributed by atoms with E-state index in [2.05, 4.69) is 22.4 Å². The Hall–Kier alpha value is -2.12. The number of nitrogens with one attached hydrogen (secondary N) is 2. The van der Waals surface area contributed by atoms with Gasteiger partial charge in [-0.2, -0.15) is 0 Å². The summed E-state index contributed by atoms with van der Waals surface area (Å²) in [6, 6.07) is 12.2. The standard InChI is InChI=1S/C19H20N2O3S2/c22-19(13-7-9-26(23,24)12-13)21-11-16(18-6-3-8-25-18)15-10-20-17-5-2-1-4-14(15)17/h1-6,8,10,13,16,20H,7,9,11-12H2,(H,21,22)/t13-,16-/m1/s1. The van der Waals surface area contributed by atoms with Gasteiger partial charge in [0.1, 0.15) is 0 Å². The van der Waals surface area contributed by atoms with Crippen LogP contribution in [-0.4, -0.2) is 37.4 Å². The van der Waals surface area contributed by atoms with E-state index in [1.807, 2.05) is 35.8 Å². The number of rotatable bonds is 5. The molecule has 4 rings (SSSR count). The lowest BCUT2D eigenvalue weighted by Crippen LogP contribution is -2.34. The maximum atomic E-state index is 12.5. The molecule has 0 aliphatic carbocycles. The first-order chi connectivity index (χ1) is 12.5. The highest BCUT2D eigenvalue weighted by Gasteiger charge is 2.33. The van der Waals surface area contributed by atoms with Crippen molar-refractivity contribution in [1.29, 1.82) is 0 Å². The molecule has 2 N–H and O–H groups in total. The number of sulfone groups is 1. The van der Waals surface area contributed by atoms with Crippen molar-refractivity contribution >= 4 is 38.0 Å². The molecule has 1 amide bonds. The van der Waals surface area contributed by atoms with Gasteiger partial charge >= 0.3 is 0 Å². The zero-order valence-electron chi connectivity index (χ0n) is 14.1. The van der Waals surface area contributed by atoms with Crippen LogP contribution in [0.1, 0.15) is 22.8 Å². The van der Waals surface area contributed by atoms with E-state index >= 15 is 0 Å². The third kappa shape index (κ3) is 3.41. The van der Waals surface area contributed by atoms with Crippen LogP contribution in [0, 0.1) is 5.92 Å². The quantitative estimate of drug-likeness (QED) is 0.705. The van der Waals surface area contributed by atoms with Crippen molar-refractivity contribution in [3.63, 3.8) is 0 Å². The van der Waals surface area contributed by atoms with Gasteiger partial charge in [0.2, 0.25) is 5.91 Å². The van der Waals surface area contributed by atoms with E-state index in [1.54, 1.807) is 11.3 Å². The van der Waals surface area contributed by atoms with Crippen LogP contribution in [0.25, 0.3) is 10.9 Å². The average Bonchev–Trinajstić information content (AvgIpc) is 3.35. The number of amides is 1. The summed E-state index contributed by atoms with van der Waals surface area (Å²) in [5.74, 6) is -0.468. The van der Waals surface area contributed by atoms with Gasteiger partial charge in [0.05, 0.1) is 17.4 Å². The largest absolute Gasteiger partial charge is 0.361 e. The molecule has 7 heteroatoms. The highest BCUT2D eigenvalue weighted by molar-refractivity contribution is 7.91. The van der Waals surface area contributed by atoms with E-state index in [4.69, 9.17) is 0 Å². The van der Waals surface area contributed by atoms with Gasteiger partial charge in [0, 0.05) is 34.4 Å². The predicted octanol–water partition coefficient (Wildman–Crippen LogP) is 2.91. The van der Waals surface area contributed by atoms with Crippen LogP contribution in [0.4, 0.5) is 0 Å². The molecule has 0 unspecified atom stereocenters. The number of carbonyl (C=O) groups is 1. The molecule has 2 aromatic heterocycles. The topological polar surface area (TPSA) is 79.0 Å². The Morgan fingerprint density at radius 2 is 2.12 bits per heavy atom. The number of para-hydroxylation sites is 1. The average molecular weight is 389 g/mol. The molecule has 0 bridgehead atoms. The summed E-state index contributed by atoms with van der Waals surface area (Å²) in [5, 5.41) is 6.17.